The van der Waals surface area contributed by atoms with Gasteiger partial charge in [0.05, 0.1) is 18.3 Å². The summed E-state index contributed by atoms with van der Waals surface area (Å²) in [4.78, 5) is 0. The molecule has 1 aromatic carbocycles. The first kappa shape index (κ1) is 13.5. The van der Waals surface area contributed by atoms with E-state index in [4.69, 9.17) is 9.15 Å². The monoisotopic (exact) mass is 259 g/mol. The van der Waals surface area contributed by atoms with Crippen molar-refractivity contribution in [3.05, 3.63) is 47.9 Å². The molecule has 0 saturated carbocycles. The van der Waals surface area contributed by atoms with Crippen molar-refractivity contribution < 1.29 is 9.15 Å². The minimum Gasteiger partial charge on any atom is -0.491 e. The standard InChI is InChI=1S/C16H21NO2/c1-4-11-18-16-8-6-5-7-14(16)17-13(3)15-10-9-12(2)19-15/h5-10,13,17H,4,11H2,1-3H3. The highest BCUT2D eigenvalue weighted by atomic mass is 16.5. The molecule has 1 heterocycles. The molecule has 0 bridgehead atoms. The van der Waals surface area contributed by atoms with Gasteiger partial charge in [0.25, 0.3) is 0 Å². The molecule has 0 radical (unpaired) electrons. The van der Waals surface area contributed by atoms with Crippen LogP contribution in [0.25, 0.3) is 0 Å². The summed E-state index contributed by atoms with van der Waals surface area (Å²) in [5, 5.41) is 3.43. The maximum absolute atomic E-state index is 5.74. The normalized spacial score (nSPS) is 12.2. The first-order valence-corrected chi connectivity index (χ1v) is 6.75. The second-order valence-corrected chi connectivity index (χ2v) is 4.66. The summed E-state index contributed by atoms with van der Waals surface area (Å²) in [6, 6.07) is 12.1. The Kier molecular flexibility index (Phi) is 4.50. The van der Waals surface area contributed by atoms with E-state index in [0.717, 1.165) is 36.0 Å². The fraction of sp³-hybridized carbons (Fsp3) is 0.375. The number of benzene rings is 1. The fourth-order valence-corrected chi connectivity index (χ4v) is 1.91. The molecule has 0 aliphatic rings. The molecule has 2 rings (SSSR count). The smallest absolute Gasteiger partial charge is 0.142 e. The quantitative estimate of drug-likeness (QED) is 0.826. The zero-order valence-corrected chi connectivity index (χ0v) is 11.8. The zero-order chi connectivity index (χ0) is 13.7. The van der Waals surface area contributed by atoms with Crippen LogP contribution in [0.5, 0.6) is 5.75 Å². The van der Waals surface area contributed by atoms with Gasteiger partial charge in [-0.3, -0.25) is 0 Å². The van der Waals surface area contributed by atoms with Crippen molar-refractivity contribution in [3.8, 4) is 5.75 Å². The molecule has 1 N–H and O–H groups in total. The molecule has 0 aliphatic carbocycles. The Labute approximate surface area is 114 Å². The van der Waals surface area contributed by atoms with E-state index in [-0.39, 0.29) is 6.04 Å². The number of furan rings is 1. The molecular weight excluding hydrogens is 238 g/mol. The topological polar surface area (TPSA) is 34.4 Å². The molecule has 0 amide bonds. The second kappa shape index (κ2) is 6.32. The summed E-state index contributed by atoms with van der Waals surface area (Å²) in [6.45, 7) is 6.86. The van der Waals surface area contributed by atoms with Crippen LogP contribution in [0.4, 0.5) is 5.69 Å². The van der Waals surface area contributed by atoms with Crippen LogP contribution in [0.1, 0.15) is 37.8 Å². The van der Waals surface area contributed by atoms with E-state index < -0.39 is 0 Å². The molecule has 0 spiro atoms. The highest BCUT2D eigenvalue weighted by Gasteiger charge is 2.11. The van der Waals surface area contributed by atoms with Gasteiger partial charge in [0.15, 0.2) is 0 Å². The largest absolute Gasteiger partial charge is 0.491 e. The Balaban J connectivity index is 2.09. The minimum absolute atomic E-state index is 0.111. The van der Waals surface area contributed by atoms with Gasteiger partial charge in [-0.2, -0.15) is 0 Å². The highest BCUT2D eigenvalue weighted by molar-refractivity contribution is 5.57. The lowest BCUT2D eigenvalue weighted by Gasteiger charge is -2.16. The molecule has 0 saturated heterocycles. The van der Waals surface area contributed by atoms with Gasteiger partial charge < -0.3 is 14.5 Å². The highest BCUT2D eigenvalue weighted by Crippen LogP contribution is 2.28. The van der Waals surface area contributed by atoms with E-state index in [1.807, 2.05) is 43.3 Å². The summed E-state index contributed by atoms with van der Waals surface area (Å²) in [6.07, 6.45) is 1.00. The molecule has 1 atom stereocenters. The zero-order valence-electron chi connectivity index (χ0n) is 11.8. The minimum atomic E-state index is 0.111. The van der Waals surface area contributed by atoms with Crippen LogP contribution in [0, 0.1) is 6.92 Å². The SMILES string of the molecule is CCCOc1ccccc1NC(C)c1ccc(C)o1. The number of anilines is 1. The van der Waals surface area contributed by atoms with Crippen molar-refractivity contribution in [1.82, 2.24) is 0 Å². The summed E-state index contributed by atoms with van der Waals surface area (Å²) in [5.74, 6) is 2.75. The van der Waals surface area contributed by atoms with Crippen LogP contribution in [0.3, 0.4) is 0 Å². The number of nitrogens with one attached hydrogen (secondary N) is 1. The van der Waals surface area contributed by atoms with Gasteiger partial charge in [-0.05, 0) is 44.5 Å². The third-order valence-electron chi connectivity index (χ3n) is 2.91. The average Bonchev–Trinajstić information content (AvgIpc) is 2.84. The summed E-state index contributed by atoms with van der Waals surface area (Å²) in [7, 11) is 0. The van der Waals surface area contributed by atoms with Gasteiger partial charge in [0.2, 0.25) is 0 Å². The molecule has 102 valence electrons. The Morgan fingerprint density at radius 2 is 2.00 bits per heavy atom. The number of aryl methyl sites for hydroxylation is 1. The van der Waals surface area contributed by atoms with Crippen LogP contribution in [-0.4, -0.2) is 6.61 Å². The number of rotatable bonds is 6. The van der Waals surface area contributed by atoms with Crippen molar-refractivity contribution in [2.45, 2.75) is 33.2 Å². The van der Waals surface area contributed by atoms with E-state index in [0.29, 0.717) is 0 Å². The Hall–Kier alpha value is -1.90. The molecular formula is C16H21NO2. The lowest BCUT2D eigenvalue weighted by molar-refractivity contribution is 0.318. The maximum atomic E-state index is 5.74. The first-order valence-electron chi connectivity index (χ1n) is 6.75. The Morgan fingerprint density at radius 1 is 1.21 bits per heavy atom. The van der Waals surface area contributed by atoms with Gasteiger partial charge in [-0.15, -0.1) is 0 Å². The molecule has 1 unspecified atom stereocenters. The van der Waals surface area contributed by atoms with Crippen LogP contribution in [-0.2, 0) is 0 Å². The van der Waals surface area contributed by atoms with Gasteiger partial charge in [0.1, 0.15) is 17.3 Å². The summed E-state index contributed by atoms with van der Waals surface area (Å²) >= 11 is 0. The van der Waals surface area contributed by atoms with Gasteiger partial charge in [0, 0.05) is 0 Å². The molecule has 0 aliphatic heterocycles. The van der Waals surface area contributed by atoms with Crippen molar-refractivity contribution in [2.24, 2.45) is 0 Å². The first-order chi connectivity index (χ1) is 9.20. The van der Waals surface area contributed by atoms with E-state index in [1.165, 1.54) is 0 Å². The van der Waals surface area contributed by atoms with Crippen molar-refractivity contribution >= 4 is 5.69 Å². The van der Waals surface area contributed by atoms with Crippen LogP contribution >= 0.6 is 0 Å². The molecule has 0 fully saturated rings. The number of ether oxygens (including phenoxy) is 1. The Morgan fingerprint density at radius 3 is 2.68 bits per heavy atom. The van der Waals surface area contributed by atoms with E-state index in [9.17, 15) is 0 Å². The second-order valence-electron chi connectivity index (χ2n) is 4.66. The molecule has 2 aromatic rings. The lowest BCUT2D eigenvalue weighted by Crippen LogP contribution is -2.07. The molecule has 19 heavy (non-hydrogen) atoms. The van der Waals surface area contributed by atoms with E-state index in [2.05, 4.69) is 19.2 Å². The molecule has 1 aromatic heterocycles. The molecule has 3 nitrogen and oxygen atoms in total. The van der Waals surface area contributed by atoms with Gasteiger partial charge >= 0.3 is 0 Å². The average molecular weight is 259 g/mol. The van der Waals surface area contributed by atoms with Crippen molar-refractivity contribution in [3.63, 3.8) is 0 Å². The van der Waals surface area contributed by atoms with E-state index in [1.54, 1.807) is 0 Å². The maximum Gasteiger partial charge on any atom is 0.142 e. The fourth-order valence-electron chi connectivity index (χ4n) is 1.91. The van der Waals surface area contributed by atoms with Crippen LogP contribution < -0.4 is 10.1 Å². The third kappa shape index (κ3) is 3.53. The van der Waals surface area contributed by atoms with Gasteiger partial charge in [-0.25, -0.2) is 0 Å². The van der Waals surface area contributed by atoms with E-state index >= 15 is 0 Å². The third-order valence-corrected chi connectivity index (χ3v) is 2.91. The van der Waals surface area contributed by atoms with Gasteiger partial charge in [-0.1, -0.05) is 19.1 Å². The summed E-state index contributed by atoms with van der Waals surface area (Å²) in [5.41, 5.74) is 0.998. The van der Waals surface area contributed by atoms with Crippen LogP contribution in [0.2, 0.25) is 0 Å². The summed E-state index contributed by atoms with van der Waals surface area (Å²) < 4.78 is 11.4. The number of hydrogen-bond acceptors (Lipinski definition) is 3. The number of para-hydroxylation sites is 2. The predicted molar refractivity (Wildman–Crippen MR) is 77.7 cm³/mol. The molecule has 3 heteroatoms. The Bertz CT molecular complexity index is 519. The van der Waals surface area contributed by atoms with Crippen molar-refractivity contribution in [1.29, 1.82) is 0 Å². The number of hydrogen-bond donors (Lipinski definition) is 1. The van der Waals surface area contributed by atoms with Crippen molar-refractivity contribution in [2.75, 3.05) is 11.9 Å². The predicted octanol–water partition coefficient (Wildman–Crippen LogP) is 4.55. The lowest BCUT2D eigenvalue weighted by atomic mass is 10.2. The van der Waals surface area contributed by atoms with Crippen LogP contribution in [0.15, 0.2) is 40.8 Å².